The Labute approximate surface area is 89.0 Å². The van der Waals surface area contributed by atoms with Crippen molar-refractivity contribution in [1.29, 1.82) is 0 Å². The number of halogens is 2. The van der Waals surface area contributed by atoms with Gasteiger partial charge in [0.25, 0.3) is 5.92 Å². The van der Waals surface area contributed by atoms with Gasteiger partial charge in [-0.2, -0.15) is 0 Å². The van der Waals surface area contributed by atoms with Gasteiger partial charge in [-0.15, -0.1) is 0 Å². The summed E-state index contributed by atoms with van der Waals surface area (Å²) in [6.07, 6.45) is -0.379. The molecule has 0 radical (unpaired) electrons. The number of hydrogen-bond acceptors (Lipinski definition) is 2. The molecule has 3 nitrogen and oxygen atoms in total. The smallest absolute Gasteiger partial charge is 0.252 e. The Morgan fingerprint density at radius 3 is 2.33 bits per heavy atom. The molecule has 0 atom stereocenters. The van der Waals surface area contributed by atoms with E-state index in [1.54, 1.807) is 7.05 Å². The molecule has 88 valence electrons. The number of hydrogen-bond donors (Lipinski definition) is 0. The van der Waals surface area contributed by atoms with E-state index in [2.05, 4.69) is 0 Å². The molecular formula is C10H18F2N2O. The molecule has 1 aliphatic rings. The molecule has 0 aromatic heterocycles. The van der Waals surface area contributed by atoms with Crippen molar-refractivity contribution >= 4 is 5.91 Å². The van der Waals surface area contributed by atoms with Gasteiger partial charge in [0, 0.05) is 25.9 Å². The van der Waals surface area contributed by atoms with Crippen molar-refractivity contribution in [3.05, 3.63) is 0 Å². The molecule has 1 rings (SSSR count). The second-order valence-corrected chi connectivity index (χ2v) is 4.25. The highest BCUT2D eigenvalue weighted by Crippen LogP contribution is 2.39. The first-order chi connectivity index (χ1) is 6.85. The van der Waals surface area contributed by atoms with Crippen LogP contribution in [0.15, 0.2) is 0 Å². The number of likely N-dealkylation sites (N-methyl/N-ethyl adjacent to an activating group) is 2. The van der Waals surface area contributed by atoms with Crippen molar-refractivity contribution in [1.82, 2.24) is 9.80 Å². The summed E-state index contributed by atoms with van der Waals surface area (Å²) in [4.78, 5) is 14.9. The lowest BCUT2D eigenvalue weighted by Gasteiger charge is -2.41. The van der Waals surface area contributed by atoms with Crippen LogP contribution in [-0.4, -0.2) is 54.9 Å². The second kappa shape index (κ2) is 4.43. The predicted molar refractivity (Wildman–Crippen MR) is 53.9 cm³/mol. The van der Waals surface area contributed by atoms with Crippen LogP contribution in [0, 0.1) is 0 Å². The van der Waals surface area contributed by atoms with E-state index < -0.39 is 5.92 Å². The lowest BCUT2D eigenvalue weighted by Crippen LogP contribution is -2.53. The second-order valence-electron chi connectivity index (χ2n) is 4.25. The molecule has 1 aliphatic carbocycles. The van der Waals surface area contributed by atoms with Crippen molar-refractivity contribution in [2.24, 2.45) is 0 Å². The summed E-state index contributed by atoms with van der Waals surface area (Å²) in [6, 6.07) is -0.280. The Hall–Kier alpha value is -0.710. The molecule has 1 fully saturated rings. The monoisotopic (exact) mass is 220 g/mol. The molecule has 5 heteroatoms. The van der Waals surface area contributed by atoms with E-state index >= 15 is 0 Å². The lowest BCUT2D eigenvalue weighted by atomic mass is 9.87. The number of amides is 1. The van der Waals surface area contributed by atoms with E-state index in [1.165, 1.54) is 4.90 Å². The van der Waals surface area contributed by atoms with Crippen LogP contribution in [0.1, 0.15) is 19.8 Å². The molecule has 0 N–H and O–H groups in total. The molecule has 0 saturated heterocycles. The summed E-state index contributed by atoms with van der Waals surface area (Å²) >= 11 is 0. The fourth-order valence-electron chi connectivity index (χ4n) is 1.56. The highest BCUT2D eigenvalue weighted by molar-refractivity contribution is 5.78. The van der Waals surface area contributed by atoms with Crippen LogP contribution < -0.4 is 0 Å². The van der Waals surface area contributed by atoms with Crippen molar-refractivity contribution in [3.63, 3.8) is 0 Å². The van der Waals surface area contributed by atoms with Gasteiger partial charge in [-0.25, -0.2) is 8.78 Å². The number of carbonyl (C=O) groups excluding carboxylic acids is 1. The number of alkyl halides is 2. The maximum atomic E-state index is 12.6. The molecule has 15 heavy (non-hydrogen) atoms. The predicted octanol–water partition coefficient (Wildman–Crippen LogP) is 1.19. The van der Waals surface area contributed by atoms with E-state index in [1.807, 2.05) is 18.9 Å². The number of carbonyl (C=O) groups is 1. The molecule has 0 unspecified atom stereocenters. The summed E-state index contributed by atoms with van der Waals surface area (Å²) in [5, 5.41) is 0. The van der Waals surface area contributed by atoms with E-state index in [0.29, 0.717) is 6.54 Å². The Morgan fingerprint density at radius 2 is 1.93 bits per heavy atom. The van der Waals surface area contributed by atoms with Crippen LogP contribution in [0.25, 0.3) is 0 Å². The molecule has 0 spiro atoms. The average Bonchev–Trinajstić information content (AvgIpc) is 2.12. The quantitative estimate of drug-likeness (QED) is 0.710. The minimum atomic E-state index is -2.56. The summed E-state index contributed by atoms with van der Waals surface area (Å²) in [7, 11) is 3.44. The molecule has 1 amide bonds. The molecule has 0 bridgehead atoms. The van der Waals surface area contributed by atoms with Crippen LogP contribution in [0.4, 0.5) is 8.78 Å². The Morgan fingerprint density at radius 1 is 1.40 bits per heavy atom. The summed E-state index contributed by atoms with van der Waals surface area (Å²) in [5.41, 5.74) is 0. The van der Waals surface area contributed by atoms with Gasteiger partial charge in [0.15, 0.2) is 0 Å². The molecule has 0 heterocycles. The van der Waals surface area contributed by atoms with Crippen LogP contribution in [0.3, 0.4) is 0 Å². The fourth-order valence-corrected chi connectivity index (χ4v) is 1.56. The van der Waals surface area contributed by atoms with Gasteiger partial charge in [-0.3, -0.25) is 9.69 Å². The minimum Gasteiger partial charge on any atom is -0.341 e. The third-order valence-corrected chi connectivity index (χ3v) is 2.95. The topological polar surface area (TPSA) is 23.6 Å². The van der Waals surface area contributed by atoms with Crippen LogP contribution in [0.2, 0.25) is 0 Å². The van der Waals surface area contributed by atoms with Gasteiger partial charge in [-0.1, -0.05) is 6.92 Å². The fraction of sp³-hybridized carbons (Fsp3) is 0.900. The Balaban J connectivity index is 2.35. The highest BCUT2D eigenvalue weighted by Gasteiger charge is 2.48. The number of rotatable bonds is 4. The zero-order valence-electron chi connectivity index (χ0n) is 9.46. The third-order valence-electron chi connectivity index (χ3n) is 2.95. The van der Waals surface area contributed by atoms with E-state index in [-0.39, 0.29) is 24.8 Å². The highest BCUT2D eigenvalue weighted by atomic mass is 19.3. The zero-order valence-corrected chi connectivity index (χ0v) is 9.46. The van der Waals surface area contributed by atoms with Crippen LogP contribution in [-0.2, 0) is 4.79 Å². The SMILES string of the molecule is CCN(C)CC(=O)N(C)C1CC(F)(F)C1. The summed E-state index contributed by atoms with van der Waals surface area (Å²) in [5.74, 6) is -2.64. The minimum absolute atomic E-state index is 0.0835. The first kappa shape index (κ1) is 12.4. The molecule has 0 aromatic carbocycles. The maximum absolute atomic E-state index is 12.6. The normalized spacial score (nSPS) is 20.1. The van der Waals surface area contributed by atoms with Crippen LogP contribution in [0.5, 0.6) is 0 Å². The number of nitrogens with zero attached hydrogens (tertiary/aromatic N) is 2. The van der Waals surface area contributed by atoms with Gasteiger partial charge < -0.3 is 4.90 Å². The van der Waals surface area contributed by atoms with Gasteiger partial charge in [0.1, 0.15) is 0 Å². The van der Waals surface area contributed by atoms with Gasteiger partial charge in [0.2, 0.25) is 5.91 Å². The maximum Gasteiger partial charge on any atom is 0.252 e. The third kappa shape index (κ3) is 3.12. The van der Waals surface area contributed by atoms with E-state index in [4.69, 9.17) is 0 Å². The van der Waals surface area contributed by atoms with Crippen molar-refractivity contribution < 1.29 is 13.6 Å². The standard InChI is InChI=1S/C10H18F2N2O/c1-4-13(2)7-9(15)14(3)8-5-10(11,12)6-8/h8H,4-7H2,1-3H3. The van der Waals surface area contributed by atoms with Crippen LogP contribution >= 0.6 is 0 Å². The van der Waals surface area contributed by atoms with Crippen molar-refractivity contribution in [2.75, 3.05) is 27.2 Å². The van der Waals surface area contributed by atoms with Gasteiger partial charge >= 0.3 is 0 Å². The molecule has 1 saturated carbocycles. The van der Waals surface area contributed by atoms with Crippen molar-refractivity contribution in [3.8, 4) is 0 Å². The summed E-state index contributed by atoms with van der Waals surface area (Å²) < 4.78 is 25.2. The molecule has 0 aliphatic heterocycles. The lowest BCUT2D eigenvalue weighted by molar-refractivity contribution is -0.150. The molecular weight excluding hydrogens is 202 g/mol. The van der Waals surface area contributed by atoms with E-state index in [9.17, 15) is 13.6 Å². The van der Waals surface area contributed by atoms with Crippen molar-refractivity contribution in [2.45, 2.75) is 31.7 Å². The van der Waals surface area contributed by atoms with Gasteiger partial charge in [-0.05, 0) is 13.6 Å². The zero-order chi connectivity index (χ0) is 11.6. The van der Waals surface area contributed by atoms with Gasteiger partial charge in [0.05, 0.1) is 6.54 Å². The Bertz CT molecular complexity index is 238. The van der Waals surface area contributed by atoms with E-state index in [0.717, 1.165) is 6.54 Å². The average molecular weight is 220 g/mol. The Kier molecular flexibility index (Phi) is 3.65. The molecule has 0 aromatic rings. The summed E-state index contributed by atoms with van der Waals surface area (Å²) in [6.45, 7) is 3.03. The first-order valence-corrected chi connectivity index (χ1v) is 5.18. The largest absolute Gasteiger partial charge is 0.341 e. The first-order valence-electron chi connectivity index (χ1n) is 5.18.